The Labute approximate surface area is 198 Å². The van der Waals surface area contributed by atoms with Crippen LogP contribution in [-0.2, 0) is 22.7 Å². The SMILES string of the molecule is COC(=O)c1ccc(CN2C(=O)SC(=Cc3ccc(OCc4ccccc4Cl)cc3)C2=O)o1. The summed E-state index contributed by atoms with van der Waals surface area (Å²) >= 11 is 6.99. The van der Waals surface area contributed by atoms with Crippen molar-refractivity contribution in [1.82, 2.24) is 4.90 Å². The molecule has 0 atom stereocenters. The summed E-state index contributed by atoms with van der Waals surface area (Å²) in [5, 5.41) is 0.225. The molecule has 0 spiro atoms. The number of thioether (sulfide) groups is 1. The number of benzene rings is 2. The minimum atomic E-state index is -0.630. The number of imide groups is 1. The molecule has 0 saturated carbocycles. The predicted molar refractivity (Wildman–Crippen MR) is 124 cm³/mol. The van der Waals surface area contributed by atoms with Crippen LogP contribution in [0.4, 0.5) is 4.79 Å². The van der Waals surface area contributed by atoms with Crippen LogP contribution in [0, 0.1) is 0 Å². The van der Waals surface area contributed by atoms with Gasteiger partial charge in [0, 0.05) is 10.6 Å². The van der Waals surface area contributed by atoms with Crippen LogP contribution in [0.1, 0.15) is 27.4 Å². The molecule has 0 radical (unpaired) electrons. The highest BCUT2D eigenvalue weighted by molar-refractivity contribution is 8.18. The van der Waals surface area contributed by atoms with E-state index in [0.29, 0.717) is 28.0 Å². The molecule has 168 valence electrons. The number of halogens is 1. The second kappa shape index (κ2) is 9.97. The molecule has 1 aliphatic rings. The van der Waals surface area contributed by atoms with Gasteiger partial charge in [-0.15, -0.1) is 0 Å². The number of hydrogen-bond donors (Lipinski definition) is 0. The monoisotopic (exact) mass is 483 g/mol. The van der Waals surface area contributed by atoms with Gasteiger partial charge in [0.15, 0.2) is 0 Å². The van der Waals surface area contributed by atoms with E-state index < -0.39 is 17.1 Å². The predicted octanol–water partition coefficient (Wildman–Crippen LogP) is 5.54. The van der Waals surface area contributed by atoms with Crippen LogP contribution in [0.25, 0.3) is 6.08 Å². The highest BCUT2D eigenvalue weighted by atomic mass is 35.5. The maximum Gasteiger partial charge on any atom is 0.373 e. The average molecular weight is 484 g/mol. The first kappa shape index (κ1) is 22.7. The molecule has 1 saturated heterocycles. The molecule has 33 heavy (non-hydrogen) atoms. The number of nitrogens with zero attached hydrogens (tertiary/aromatic N) is 1. The van der Waals surface area contributed by atoms with Crippen LogP contribution in [0.3, 0.4) is 0 Å². The van der Waals surface area contributed by atoms with Crippen LogP contribution < -0.4 is 4.74 Å². The second-order valence-electron chi connectivity index (χ2n) is 6.97. The van der Waals surface area contributed by atoms with Gasteiger partial charge in [-0.05, 0) is 53.7 Å². The van der Waals surface area contributed by atoms with E-state index in [1.807, 2.05) is 18.2 Å². The van der Waals surface area contributed by atoms with E-state index in [-0.39, 0.29) is 12.3 Å². The summed E-state index contributed by atoms with van der Waals surface area (Å²) in [6, 6.07) is 17.6. The van der Waals surface area contributed by atoms with E-state index in [2.05, 4.69) is 4.74 Å². The Balaban J connectivity index is 1.40. The van der Waals surface area contributed by atoms with Crippen LogP contribution in [0.15, 0.2) is 70.0 Å². The summed E-state index contributed by atoms with van der Waals surface area (Å²) in [6.07, 6.45) is 1.64. The van der Waals surface area contributed by atoms with E-state index in [0.717, 1.165) is 27.8 Å². The number of methoxy groups -OCH3 is 1. The molecule has 9 heteroatoms. The fraction of sp³-hybridized carbons (Fsp3) is 0.125. The lowest BCUT2D eigenvalue weighted by Crippen LogP contribution is -2.27. The molecule has 2 heterocycles. The third kappa shape index (κ3) is 5.30. The maximum atomic E-state index is 12.7. The minimum absolute atomic E-state index is 0.00635. The number of esters is 1. The number of amides is 2. The number of hydrogen-bond acceptors (Lipinski definition) is 7. The van der Waals surface area contributed by atoms with Crippen LogP contribution in [-0.4, -0.2) is 29.1 Å². The van der Waals surface area contributed by atoms with Gasteiger partial charge < -0.3 is 13.9 Å². The van der Waals surface area contributed by atoms with Crippen molar-refractivity contribution in [3.63, 3.8) is 0 Å². The largest absolute Gasteiger partial charge is 0.489 e. The first-order chi connectivity index (χ1) is 15.9. The normalized spacial score (nSPS) is 14.7. The van der Waals surface area contributed by atoms with Gasteiger partial charge in [0.2, 0.25) is 5.76 Å². The quantitative estimate of drug-likeness (QED) is 0.322. The Morgan fingerprint density at radius 1 is 1.09 bits per heavy atom. The van der Waals surface area contributed by atoms with Gasteiger partial charge in [0.05, 0.1) is 18.6 Å². The zero-order valence-electron chi connectivity index (χ0n) is 17.4. The van der Waals surface area contributed by atoms with Crippen molar-refractivity contribution >= 4 is 46.6 Å². The van der Waals surface area contributed by atoms with Crippen LogP contribution in [0.5, 0.6) is 5.75 Å². The molecule has 1 aliphatic heterocycles. The molecule has 3 aromatic rings. The molecule has 1 aromatic heterocycles. The van der Waals surface area contributed by atoms with Crippen molar-refractivity contribution in [2.75, 3.05) is 7.11 Å². The van der Waals surface area contributed by atoms with Crippen molar-refractivity contribution < 1.29 is 28.3 Å². The van der Waals surface area contributed by atoms with Crippen molar-refractivity contribution in [2.45, 2.75) is 13.2 Å². The van der Waals surface area contributed by atoms with Gasteiger partial charge in [-0.25, -0.2) is 4.79 Å². The van der Waals surface area contributed by atoms with Crippen LogP contribution >= 0.6 is 23.4 Å². The standard InChI is InChI=1S/C24H18ClNO6S/c1-30-23(28)20-11-10-18(32-20)13-26-22(27)21(33-24(26)29)12-15-6-8-17(9-7-15)31-14-16-4-2-3-5-19(16)25/h2-12H,13-14H2,1H3. The molecular weight excluding hydrogens is 466 g/mol. The Hall–Kier alpha value is -3.49. The summed E-state index contributed by atoms with van der Waals surface area (Å²) < 4.78 is 15.7. The molecule has 7 nitrogen and oxygen atoms in total. The molecule has 0 aliphatic carbocycles. The van der Waals surface area contributed by atoms with Gasteiger partial charge in [-0.2, -0.15) is 0 Å². The Morgan fingerprint density at radius 3 is 2.58 bits per heavy atom. The number of carbonyl (C=O) groups excluding carboxylic acids is 3. The first-order valence-electron chi connectivity index (χ1n) is 9.83. The molecule has 0 bridgehead atoms. The van der Waals surface area contributed by atoms with E-state index in [9.17, 15) is 14.4 Å². The third-order valence-electron chi connectivity index (χ3n) is 4.77. The smallest absolute Gasteiger partial charge is 0.373 e. The van der Waals surface area contributed by atoms with Gasteiger partial charge in [-0.3, -0.25) is 14.5 Å². The average Bonchev–Trinajstić information content (AvgIpc) is 3.39. The topological polar surface area (TPSA) is 86.0 Å². The molecule has 0 unspecified atom stereocenters. The lowest BCUT2D eigenvalue weighted by molar-refractivity contribution is -0.123. The number of rotatable bonds is 7. The molecule has 0 N–H and O–H groups in total. The maximum absolute atomic E-state index is 12.7. The first-order valence-corrected chi connectivity index (χ1v) is 11.0. The van der Waals surface area contributed by atoms with E-state index >= 15 is 0 Å². The molecule has 1 fully saturated rings. The second-order valence-corrected chi connectivity index (χ2v) is 8.37. The minimum Gasteiger partial charge on any atom is -0.489 e. The summed E-state index contributed by atoms with van der Waals surface area (Å²) in [6.45, 7) is 0.260. The summed E-state index contributed by atoms with van der Waals surface area (Å²) in [5.41, 5.74) is 1.63. The van der Waals surface area contributed by atoms with Gasteiger partial charge >= 0.3 is 5.97 Å². The Bertz CT molecular complexity index is 1230. The number of carbonyl (C=O) groups is 3. The highest BCUT2D eigenvalue weighted by Crippen LogP contribution is 2.33. The molecule has 2 aromatic carbocycles. The number of ether oxygens (including phenoxy) is 2. The zero-order valence-corrected chi connectivity index (χ0v) is 19.0. The zero-order chi connectivity index (χ0) is 23.4. The van der Waals surface area contributed by atoms with E-state index in [1.54, 1.807) is 36.4 Å². The Kier molecular flexibility index (Phi) is 6.86. The highest BCUT2D eigenvalue weighted by Gasteiger charge is 2.35. The summed E-state index contributed by atoms with van der Waals surface area (Å²) in [5.74, 6) is -0.0973. The van der Waals surface area contributed by atoms with Gasteiger partial charge in [0.25, 0.3) is 11.1 Å². The van der Waals surface area contributed by atoms with E-state index in [4.69, 9.17) is 20.8 Å². The van der Waals surface area contributed by atoms with Crippen molar-refractivity contribution in [2.24, 2.45) is 0 Å². The van der Waals surface area contributed by atoms with Crippen molar-refractivity contribution in [3.8, 4) is 5.75 Å². The fourth-order valence-electron chi connectivity index (χ4n) is 3.05. The lowest BCUT2D eigenvalue weighted by atomic mass is 10.2. The lowest BCUT2D eigenvalue weighted by Gasteiger charge is -2.10. The Morgan fingerprint density at radius 2 is 1.85 bits per heavy atom. The molecular formula is C24H18ClNO6S. The van der Waals surface area contributed by atoms with E-state index in [1.165, 1.54) is 19.2 Å². The summed E-state index contributed by atoms with van der Waals surface area (Å²) in [7, 11) is 1.24. The summed E-state index contributed by atoms with van der Waals surface area (Å²) in [4.78, 5) is 37.9. The van der Waals surface area contributed by atoms with Crippen LogP contribution in [0.2, 0.25) is 5.02 Å². The molecule has 2 amide bonds. The number of furan rings is 1. The molecule has 4 rings (SSSR count). The van der Waals surface area contributed by atoms with Crippen molar-refractivity contribution in [3.05, 3.63) is 93.2 Å². The van der Waals surface area contributed by atoms with Crippen molar-refractivity contribution in [1.29, 1.82) is 0 Å². The third-order valence-corrected chi connectivity index (χ3v) is 6.04. The van der Waals surface area contributed by atoms with Gasteiger partial charge in [0.1, 0.15) is 18.1 Å². The van der Waals surface area contributed by atoms with Gasteiger partial charge in [-0.1, -0.05) is 41.9 Å². The fourth-order valence-corrected chi connectivity index (χ4v) is 4.08.